The van der Waals surface area contributed by atoms with Crippen LogP contribution in [0.4, 0.5) is 5.69 Å². The first kappa shape index (κ1) is 22.5. The molecule has 0 aliphatic rings. The minimum Gasteiger partial charge on any atom is -0.448 e. The Kier molecular flexibility index (Phi) is 7.54. The molecule has 0 spiro atoms. The van der Waals surface area contributed by atoms with E-state index in [9.17, 15) is 14.4 Å². The Hall–Kier alpha value is -4.19. The highest BCUT2D eigenvalue weighted by Crippen LogP contribution is 2.27. The monoisotopic (exact) mass is 428 g/mol. The second-order valence-electron chi connectivity index (χ2n) is 7.10. The molecule has 0 fully saturated rings. The van der Waals surface area contributed by atoms with Gasteiger partial charge in [0.15, 0.2) is 6.10 Å². The van der Waals surface area contributed by atoms with Gasteiger partial charge in [-0.25, -0.2) is 4.79 Å². The maximum absolute atomic E-state index is 12.7. The molecule has 1 atom stereocenters. The zero-order valence-corrected chi connectivity index (χ0v) is 17.9. The van der Waals surface area contributed by atoms with Crippen LogP contribution in [0.5, 0.6) is 0 Å². The number of hydrogen-bond donors (Lipinski definition) is 2. The lowest BCUT2D eigenvalue weighted by Gasteiger charge is -2.17. The number of hydrogen-bond acceptors (Lipinski definition) is 4. The number of carbonyl (C=O) groups excluding carboxylic acids is 3. The molecule has 2 N–H and O–H groups in total. The van der Waals surface area contributed by atoms with Gasteiger partial charge in [0.05, 0.1) is 0 Å². The molecule has 3 aromatic carbocycles. The molecule has 0 radical (unpaired) electrons. The van der Waals surface area contributed by atoms with Crippen LogP contribution < -0.4 is 10.6 Å². The van der Waals surface area contributed by atoms with Crippen LogP contribution in [0.2, 0.25) is 0 Å². The Morgan fingerprint density at radius 3 is 2.09 bits per heavy atom. The van der Waals surface area contributed by atoms with Gasteiger partial charge in [-0.3, -0.25) is 9.59 Å². The van der Waals surface area contributed by atoms with Crippen molar-refractivity contribution < 1.29 is 19.1 Å². The third-order valence-corrected chi connectivity index (χ3v) is 4.56. The average Bonchev–Trinajstić information content (AvgIpc) is 2.80. The molecule has 2 amide bonds. The number of anilines is 1. The first-order valence-corrected chi connectivity index (χ1v) is 10.1. The third kappa shape index (κ3) is 6.15. The lowest BCUT2D eigenvalue weighted by Crippen LogP contribution is -2.34. The lowest BCUT2D eigenvalue weighted by atomic mass is 10.0. The summed E-state index contributed by atoms with van der Waals surface area (Å²) in [5.41, 5.74) is 3.07. The van der Waals surface area contributed by atoms with E-state index in [0.29, 0.717) is 11.3 Å². The summed E-state index contributed by atoms with van der Waals surface area (Å²) in [4.78, 5) is 36.9. The topological polar surface area (TPSA) is 84.5 Å². The van der Waals surface area contributed by atoms with Crippen molar-refractivity contribution in [2.75, 3.05) is 5.32 Å². The molecular formula is C26H24N2O4. The van der Waals surface area contributed by atoms with Crippen LogP contribution in [0.1, 0.15) is 19.4 Å². The van der Waals surface area contributed by atoms with Crippen molar-refractivity contribution in [3.63, 3.8) is 0 Å². The largest absolute Gasteiger partial charge is 0.448 e. The van der Waals surface area contributed by atoms with Gasteiger partial charge in [-0.05, 0) is 30.2 Å². The minimum absolute atomic E-state index is 0.0481. The number of ether oxygens (including phenoxy) is 1. The molecule has 0 saturated heterocycles. The molecule has 1 unspecified atom stereocenters. The molecule has 6 heteroatoms. The van der Waals surface area contributed by atoms with Gasteiger partial charge in [0.25, 0.3) is 5.91 Å². The van der Waals surface area contributed by atoms with Crippen molar-refractivity contribution in [3.8, 4) is 11.1 Å². The van der Waals surface area contributed by atoms with E-state index in [4.69, 9.17) is 4.74 Å². The summed E-state index contributed by atoms with van der Waals surface area (Å²) in [6, 6.07) is 26.1. The zero-order valence-electron chi connectivity index (χ0n) is 17.9. The number of para-hydroxylation sites is 1. The average molecular weight is 428 g/mol. The van der Waals surface area contributed by atoms with Crippen LogP contribution >= 0.6 is 0 Å². The number of carbonyl (C=O) groups is 3. The Morgan fingerprint density at radius 1 is 0.844 bits per heavy atom. The maximum atomic E-state index is 12.7. The number of esters is 1. The molecule has 0 aliphatic heterocycles. The summed E-state index contributed by atoms with van der Waals surface area (Å²) >= 11 is 0. The van der Waals surface area contributed by atoms with Crippen molar-refractivity contribution in [3.05, 3.63) is 96.2 Å². The summed E-state index contributed by atoms with van der Waals surface area (Å²) in [6.07, 6.45) is 0.415. The second-order valence-corrected chi connectivity index (χ2v) is 7.10. The van der Waals surface area contributed by atoms with Crippen molar-refractivity contribution in [1.82, 2.24) is 5.32 Å². The van der Waals surface area contributed by atoms with Gasteiger partial charge in [0.2, 0.25) is 5.91 Å². The SMILES string of the molecule is CC(=O)N/C(=C/c1ccccc1)C(=O)OC(C)C(=O)Nc1ccccc1-c1ccccc1. The van der Waals surface area contributed by atoms with Crippen molar-refractivity contribution in [2.45, 2.75) is 20.0 Å². The predicted molar refractivity (Wildman–Crippen MR) is 124 cm³/mol. The fraction of sp³-hybridized carbons (Fsp3) is 0.115. The van der Waals surface area contributed by atoms with Gasteiger partial charge in [-0.2, -0.15) is 0 Å². The van der Waals surface area contributed by atoms with Crippen molar-refractivity contribution >= 4 is 29.5 Å². The third-order valence-electron chi connectivity index (χ3n) is 4.56. The number of rotatable bonds is 7. The van der Waals surface area contributed by atoms with Crippen LogP contribution in [0.3, 0.4) is 0 Å². The molecule has 3 rings (SSSR count). The van der Waals surface area contributed by atoms with Crippen LogP contribution in [0.25, 0.3) is 17.2 Å². The Bertz CT molecular complexity index is 1120. The minimum atomic E-state index is -1.08. The van der Waals surface area contributed by atoms with Gasteiger partial charge >= 0.3 is 5.97 Å². The van der Waals surface area contributed by atoms with E-state index in [1.807, 2.05) is 66.7 Å². The van der Waals surface area contributed by atoms with E-state index < -0.39 is 23.9 Å². The van der Waals surface area contributed by atoms with E-state index in [1.54, 1.807) is 18.2 Å². The number of amides is 2. The van der Waals surface area contributed by atoms with Crippen molar-refractivity contribution in [2.24, 2.45) is 0 Å². The van der Waals surface area contributed by atoms with Gasteiger partial charge in [-0.15, -0.1) is 0 Å². The zero-order chi connectivity index (χ0) is 22.9. The first-order chi connectivity index (χ1) is 15.4. The Morgan fingerprint density at radius 2 is 1.44 bits per heavy atom. The summed E-state index contributed by atoms with van der Waals surface area (Å²) in [7, 11) is 0. The number of nitrogens with one attached hydrogen (secondary N) is 2. The van der Waals surface area contributed by atoms with Gasteiger partial charge in [0, 0.05) is 18.2 Å². The van der Waals surface area contributed by atoms with Crippen LogP contribution in [0, 0.1) is 0 Å². The molecular weight excluding hydrogens is 404 g/mol. The highest BCUT2D eigenvalue weighted by Gasteiger charge is 2.22. The highest BCUT2D eigenvalue weighted by atomic mass is 16.5. The maximum Gasteiger partial charge on any atom is 0.355 e. The molecule has 0 bridgehead atoms. The van der Waals surface area contributed by atoms with E-state index in [-0.39, 0.29) is 5.70 Å². The van der Waals surface area contributed by atoms with Crippen LogP contribution in [0.15, 0.2) is 90.6 Å². The smallest absolute Gasteiger partial charge is 0.355 e. The Balaban J connectivity index is 1.73. The standard InChI is InChI=1S/C26H24N2O4/c1-18(32-26(31)24(27-19(2)29)17-20-11-5-3-6-12-20)25(30)28-23-16-10-9-15-22(23)21-13-7-4-8-14-21/h3-18H,1-2H3,(H,27,29)(H,28,30)/b24-17+. The molecule has 0 saturated carbocycles. The second kappa shape index (κ2) is 10.7. The summed E-state index contributed by atoms with van der Waals surface area (Å²) in [6.45, 7) is 2.77. The molecule has 0 aromatic heterocycles. The van der Waals surface area contributed by atoms with E-state index in [1.165, 1.54) is 19.9 Å². The van der Waals surface area contributed by atoms with E-state index in [2.05, 4.69) is 10.6 Å². The summed E-state index contributed by atoms with van der Waals surface area (Å²) < 4.78 is 5.33. The molecule has 32 heavy (non-hydrogen) atoms. The van der Waals surface area contributed by atoms with Gasteiger partial charge in [-0.1, -0.05) is 78.9 Å². The van der Waals surface area contributed by atoms with Crippen molar-refractivity contribution in [1.29, 1.82) is 0 Å². The summed E-state index contributed by atoms with van der Waals surface area (Å²) in [5, 5.41) is 5.29. The number of benzene rings is 3. The molecule has 6 nitrogen and oxygen atoms in total. The Labute approximate surface area is 186 Å². The van der Waals surface area contributed by atoms with Gasteiger partial charge in [0.1, 0.15) is 5.70 Å². The highest BCUT2D eigenvalue weighted by molar-refractivity contribution is 6.02. The van der Waals surface area contributed by atoms with E-state index >= 15 is 0 Å². The predicted octanol–water partition coefficient (Wildman–Crippen LogP) is 4.40. The quantitative estimate of drug-likeness (QED) is 0.432. The van der Waals surface area contributed by atoms with E-state index in [0.717, 1.165) is 11.1 Å². The van der Waals surface area contributed by atoms with Crippen LogP contribution in [-0.2, 0) is 19.1 Å². The molecule has 162 valence electrons. The van der Waals surface area contributed by atoms with Crippen LogP contribution in [-0.4, -0.2) is 23.9 Å². The summed E-state index contributed by atoms with van der Waals surface area (Å²) in [5.74, 6) is -1.70. The molecule has 0 heterocycles. The molecule has 3 aromatic rings. The molecule has 0 aliphatic carbocycles. The lowest BCUT2D eigenvalue weighted by molar-refractivity contribution is -0.149. The normalized spacial score (nSPS) is 11.9. The fourth-order valence-electron chi connectivity index (χ4n) is 3.03. The fourth-order valence-corrected chi connectivity index (χ4v) is 3.03. The van der Waals surface area contributed by atoms with Gasteiger partial charge < -0.3 is 15.4 Å². The first-order valence-electron chi connectivity index (χ1n) is 10.1.